The number of para-hydroxylation sites is 1. The van der Waals surface area contributed by atoms with Crippen molar-refractivity contribution in [3.63, 3.8) is 0 Å². The van der Waals surface area contributed by atoms with Crippen LogP contribution in [-0.2, 0) is 0 Å². The zero-order valence-electron chi connectivity index (χ0n) is 5.20. The number of carbonyl (C=O) groups is 1. The molecule has 0 aliphatic rings. The van der Waals surface area contributed by atoms with Crippen LogP contribution in [0.15, 0.2) is 30.3 Å². The number of nitrogens with one attached hydrogen (secondary N) is 1. The molecule has 0 bridgehead atoms. The fourth-order valence-electron chi connectivity index (χ4n) is 0.596. The van der Waals surface area contributed by atoms with Gasteiger partial charge in [0, 0.05) is 0 Å². The van der Waals surface area contributed by atoms with Crippen LogP contribution in [0.3, 0.4) is 0 Å². The fourth-order valence-corrected chi connectivity index (χ4v) is 0.596. The topological polar surface area (TPSA) is 50.1 Å². The first-order valence-corrected chi connectivity index (χ1v) is 2.77. The summed E-state index contributed by atoms with van der Waals surface area (Å²) in [6.07, 6.45) is -1.04. The molecule has 1 radical (unpaired) electrons. The highest BCUT2D eigenvalue weighted by atomic mass is 16.5. The van der Waals surface area contributed by atoms with Crippen molar-refractivity contribution in [2.24, 2.45) is 0 Å². The highest BCUT2D eigenvalue weighted by molar-refractivity contribution is 5.67. The second-order valence-corrected chi connectivity index (χ2v) is 1.70. The summed E-state index contributed by atoms with van der Waals surface area (Å²) in [6, 6.07) is 8.51. The third-order valence-electron chi connectivity index (χ3n) is 0.954. The van der Waals surface area contributed by atoms with Gasteiger partial charge in [0.25, 0.3) is 0 Å². The summed E-state index contributed by atoms with van der Waals surface area (Å²) >= 11 is 0. The summed E-state index contributed by atoms with van der Waals surface area (Å²) in [5.74, 6) is 0.405. The van der Waals surface area contributed by atoms with Crippen molar-refractivity contribution >= 4 is 6.09 Å². The standard InChI is InChI=1S/C7H6NO2/c8-7(9)10-6-4-2-1-3-5-6/h1-5,8H. The number of benzene rings is 1. The van der Waals surface area contributed by atoms with Crippen molar-refractivity contribution in [2.45, 2.75) is 0 Å². The average Bonchev–Trinajstić information content (AvgIpc) is 1.88. The van der Waals surface area contributed by atoms with E-state index in [-0.39, 0.29) is 0 Å². The van der Waals surface area contributed by atoms with Gasteiger partial charge in [0.05, 0.1) is 0 Å². The van der Waals surface area contributed by atoms with Crippen molar-refractivity contribution in [3.05, 3.63) is 30.3 Å². The molecule has 1 amide bonds. The molecule has 1 aromatic carbocycles. The Bertz CT molecular complexity index is 220. The first-order valence-electron chi connectivity index (χ1n) is 2.77. The Kier molecular flexibility index (Phi) is 1.89. The van der Waals surface area contributed by atoms with Crippen LogP contribution in [0.1, 0.15) is 0 Å². The van der Waals surface area contributed by atoms with Gasteiger partial charge in [-0.05, 0) is 12.1 Å². The molecule has 3 heteroatoms. The SMILES string of the molecule is [NH]C(=O)Oc1ccccc1. The van der Waals surface area contributed by atoms with Crippen LogP contribution in [0.25, 0.3) is 0 Å². The van der Waals surface area contributed by atoms with Gasteiger partial charge in [-0.2, -0.15) is 0 Å². The van der Waals surface area contributed by atoms with Crippen LogP contribution in [0, 0.1) is 0 Å². The molecule has 0 aromatic heterocycles. The van der Waals surface area contributed by atoms with E-state index >= 15 is 0 Å². The summed E-state index contributed by atoms with van der Waals surface area (Å²) < 4.78 is 4.44. The van der Waals surface area contributed by atoms with E-state index in [1.807, 2.05) is 0 Å². The Morgan fingerprint density at radius 2 is 1.90 bits per heavy atom. The molecule has 0 heterocycles. The first-order chi connectivity index (χ1) is 4.79. The Labute approximate surface area is 58.4 Å². The Morgan fingerprint density at radius 3 is 2.40 bits per heavy atom. The van der Waals surface area contributed by atoms with Crippen molar-refractivity contribution in [2.75, 3.05) is 0 Å². The van der Waals surface area contributed by atoms with Crippen LogP contribution in [0.5, 0.6) is 5.75 Å². The van der Waals surface area contributed by atoms with Gasteiger partial charge in [-0.25, -0.2) is 10.5 Å². The molecule has 0 saturated carbocycles. The molecular weight excluding hydrogens is 130 g/mol. The fraction of sp³-hybridized carbons (Fsp3) is 0. The van der Waals surface area contributed by atoms with E-state index in [9.17, 15) is 4.79 Å². The monoisotopic (exact) mass is 136 g/mol. The molecule has 0 aliphatic heterocycles. The molecule has 0 atom stereocenters. The molecule has 0 saturated heterocycles. The molecule has 0 unspecified atom stereocenters. The van der Waals surface area contributed by atoms with Crippen LogP contribution in [-0.4, -0.2) is 6.09 Å². The summed E-state index contributed by atoms with van der Waals surface area (Å²) in [5.41, 5.74) is 6.45. The minimum absolute atomic E-state index is 0.405. The lowest BCUT2D eigenvalue weighted by atomic mass is 10.3. The maximum absolute atomic E-state index is 10.1. The van der Waals surface area contributed by atoms with E-state index < -0.39 is 6.09 Å². The third-order valence-corrected chi connectivity index (χ3v) is 0.954. The van der Waals surface area contributed by atoms with Crippen LogP contribution in [0.4, 0.5) is 4.79 Å². The number of hydrogen-bond acceptors (Lipinski definition) is 2. The van der Waals surface area contributed by atoms with Gasteiger partial charge >= 0.3 is 6.09 Å². The largest absolute Gasteiger partial charge is 0.431 e. The predicted molar refractivity (Wildman–Crippen MR) is 35.6 cm³/mol. The van der Waals surface area contributed by atoms with Crippen LogP contribution in [0.2, 0.25) is 0 Å². The molecule has 3 nitrogen and oxygen atoms in total. The molecule has 1 N–H and O–H groups in total. The lowest BCUT2D eigenvalue weighted by Gasteiger charge is -1.96. The molecule has 1 aromatic rings. The molecule has 0 fully saturated rings. The number of rotatable bonds is 1. The van der Waals surface area contributed by atoms with E-state index in [1.54, 1.807) is 30.3 Å². The second-order valence-electron chi connectivity index (χ2n) is 1.70. The summed E-state index contributed by atoms with van der Waals surface area (Å²) in [7, 11) is 0. The van der Waals surface area contributed by atoms with Crippen molar-refractivity contribution in [1.82, 2.24) is 5.73 Å². The smallest absolute Gasteiger partial charge is 0.409 e. The lowest BCUT2D eigenvalue weighted by molar-refractivity contribution is 0.209. The predicted octanol–water partition coefficient (Wildman–Crippen LogP) is 1.47. The van der Waals surface area contributed by atoms with E-state index in [0.717, 1.165) is 0 Å². The van der Waals surface area contributed by atoms with Crippen molar-refractivity contribution in [3.8, 4) is 5.75 Å². The minimum atomic E-state index is -1.04. The third kappa shape index (κ3) is 1.78. The zero-order chi connectivity index (χ0) is 7.40. The van der Waals surface area contributed by atoms with Gasteiger partial charge in [0.15, 0.2) is 0 Å². The number of hydrogen-bond donors (Lipinski definition) is 0. The normalized spacial score (nSPS) is 8.80. The molecule has 10 heavy (non-hydrogen) atoms. The van der Waals surface area contributed by atoms with Gasteiger partial charge in [0.2, 0.25) is 0 Å². The van der Waals surface area contributed by atoms with E-state index in [2.05, 4.69) is 4.74 Å². The summed E-state index contributed by atoms with van der Waals surface area (Å²) in [4.78, 5) is 10.1. The maximum Gasteiger partial charge on any atom is 0.431 e. The molecule has 1 rings (SSSR count). The van der Waals surface area contributed by atoms with Gasteiger partial charge in [-0.1, -0.05) is 18.2 Å². The van der Waals surface area contributed by atoms with Crippen molar-refractivity contribution in [1.29, 1.82) is 0 Å². The van der Waals surface area contributed by atoms with Gasteiger partial charge in [0.1, 0.15) is 5.75 Å². The minimum Gasteiger partial charge on any atom is -0.409 e. The van der Waals surface area contributed by atoms with Gasteiger partial charge < -0.3 is 4.74 Å². The quantitative estimate of drug-likeness (QED) is 0.586. The summed E-state index contributed by atoms with van der Waals surface area (Å²) in [6.45, 7) is 0. The highest BCUT2D eigenvalue weighted by Gasteiger charge is 1.94. The van der Waals surface area contributed by atoms with Crippen LogP contribution >= 0.6 is 0 Å². The Morgan fingerprint density at radius 1 is 1.30 bits per heavy atom. The zero-order valence-corrected chi connectivity index (χ0v) is 5.20. The molecule has 51 valence electrons. The molecule has 0 aliphatic carbocycles. The first kappa shape index (κ1) is 6.61. The number of amides is 1. The Balaban J connectivity index is 2.67. The number of ether oxygens (including phenoxy) is 1. The maximum atomic E-state index is 10.1. The average molecular weight is 136 g/mol. The molecular formula is C7H6NO2. The van der Waals surface area contributed by atoms with Gasteiger partial charge in [-0.15, -0.1) is 0 Å². The van der Waals surface area contributed by atoms with E-state index in [0.29, 0.717) is 5.75 Å². The van der Waals surface area contributed by atoms with E-state index in [4.69, 9.17) is 5.73 Å². The van der Waals surface area contributed by atoms with Gasteiger partial charge in [-0.3, -0.25) is 0 Å². The van der Waals surface area contributed by atoms with Crippen LogP contribution < -0.4 is 10.5 Å². The Hall–Kier alpha value is -1.51. The van der Waals surface area contributed by atoms with Crippen molar-refractivity contribution < 1.29 is 9.53 Å². The molecule has 0 spiro atoms. The highest BCUT2D eigenvalue weighted by Crippen LogP contribution is 2.07. The number of carbonyl (C=O) groups excluding carboxylic acids is 1. The lowest BCUT2D eigenvalue weighted by Crippen LogP contribution is -2.04. The van der Waals surface area contributed by atoms with E-state index in [1.165, 1.54) is 0 Å². The second kappa shape index (κ2) is 2.87. The summed E-state index contributed by atoms with van der Waals surface area (Å²) in [5, 5.41) is 0.